The predicted octanol–water partition coefficient (Wildman–Crippen LogP) is 4.64. The van der Waals surface area contributed by atoms with Gasteiger partial charge in [0, 0.05) is 5.88 Å². The Kier molecular flexibility index (Phi) is 7.31. The Morgan fingerprint density at radius 2 is 1.56 bits per heavy atom. The van der Waals surface area contributed by atoms with Crippen molar-refractivity contribution in [2.24, 2.45) is 5.92 Å². The Hall–Kier alpha value is 0.120. The second-order valence-electron chi connectivity index (χ2n) is 4.32. The molecule has 2 aliphatic rings. The monoisotopic (exact) mass is 402 g/mol. The summed E-state index contributed by atoms with van der Waals surface area (Å²) >= 11 is 4.81. The van der Waals surface area contributed by atoms with Gasteiger partial charge >= 0.3 is 78.9 Å². The summed E-state index contributed by atoms with van der Waals surface area (Å²) in [5, 5.41) is 0. The number of hydrogen-bond acceptors (Lipinski definition) is 0. The minimum Gasteiger partial charge on any atom is -0.126 e. The Bertz CT molecular complexity index is 294. The van der Waals surface area contributed by atoms with E-state index in [9.17, 15) is 0 Å². The summed E-state index contributed by atoms with van der Waals surface area (Å²) in [5.74, 6) is 1.43. The van der Waals surface area contributed by atoms with Crippen LogP contribution in [0.25, 0.3) is 0 Å². The van der Waals surface area contributed by atoms with Crippen LogP contribution >= 0.6 is 11.6 Å². The van der Waals surface area contributed by atoms with E-state index in [1.54, 1.807) is 6.66 Å². The maximum Gasteiger partial charge on any atom is 0.0246 e. The third-order valence-corrected chi connectivity index (χ3v) is 7.76. The van der Waals surface area contributed by atoms with Crippen molar-refractivity contribution in [3.8, 4) is 0 Å². The van der Waals surface area contributed by atoms with E-state index in [1.165, 1.54) is 12.8 Å². The van der Waals surface area contributed by atoms with Crippen molar-refractivity contribution >= 4 is 11.6 Å². The van der Waals surface area contributed by atoms with Crippen LogP contribution in [0.2, 0.25) is 0 Å². The van der Waals surface area contributed by atoms with E-state index in [2.05, 4.69) is 50.3 Å². The minimum absolute atomic E-state index is 0.526. The normalized spacial score (nSPS) is 17.0. The van der Waals surface area contributed by atoms with Crippen LogP contribution in [0.5, 0.6) is 0 Å². The number of allylic oxidation sites excluding steroid dienone is 8. The fourth-order valence-corrected chi connectivity index (χ4v) is 5.64. The Labute approximate surface area is 116 Å². The molecule has 0 nitrogen and oxygen atoms in total. The van der Waals surface area contributed by atoms with Gasteiger partial charge in [-0.15, -0.1) is 11.6 Å². The predicted molar refractivity (Wildman–Crippen MR) is 69.2 cm³/mol. The zero-order chi connectivity index (χ0) is 11.8. The summed E-state index contributed by atoms with van der Waals surface area (Å²) in [6, 6.07) is 0. The number of halogens is 1. The third kappa shape index (κ3) is 6.00. The molecule has 0 saturated carbocycles. The number of alkyl halides is 1. The molecule has 0 aromatic heterocycles. The molecule has 0 heterocycles. The van der Waals surface area contributed by atoms with Crippen molar-refractivity contribution < 1.29 is 22.9 Å². The van der Waals surface area contributed by atoms with Crippen LogP contribution in [0.15, 0.2) is 43.1 Å². The topological polar surface area (TPSA) is 0 Å². The molecule has 0 aliphatic heterocycles. The second kappa shape index (κ2) is 8.25. The Morgan fingerprint density at radius 1 is 1.12 bits per heavy atom. The van der Waals surface area contributed by atoms with Crippen LogP contribution in [0.3, 0.4) is 0 Å². The van der Waals surface area contributed by atoms with Gasteiger partial charge in [0.15, 0.2) is 0 Å². The molecule has 0 aromatic rings. The largest absolute Gasteiger partial charge is 0.126 e. The van der Waals surface area contributed by atoms with E-state index in [0.29, 0.717) is 5.92 Å². The maximum absolute atomic E-state index is 5.34. The molecule has 86 valence electrons. The summed E-state index contributed by atoms with van der Waals surface area (Å²) in [5.41, 5.74) is 0. The minimum atomic E-state index is -0.526. The van der Waals surface area contributed by atoms with Crippen LogP contribution in [0, 0.1) is 5.92 Å². The van der Waals surface area contributed by atoms with Crippen molar-refractivity contribution in [2.75, 3.05) is 5.88 Å². The van der Waals surface area contributed by atoms with E-state index in [1.807, 2.05) is 0 Å². The molecule has 0 spiro atoms. The molecule has 0 aromatic carbocycles. The van der Waals surface area contributed by atoms with Crippen molar-refractivity contribution in [1.82, 2.24) is 0 Å². The van der Waals surface area contributed by atoms with Crippen LogP contribution in [-0.4, -0.2) is 5.88 Å². The fourth-order valence-electron chi connectivity index (χ4n) is 1.29. The van der Waals surface area contributed by atoms with Crippen LogP contribution < -0.4 is 0 Å². The summed E-state index contributed by atoms with van der Waals surface area (Å²) in [7, 11) is 0. The molecule has 16 heavy (non-hydrogen) atoms. The Balaban J connectivity index is 0.000000221. The maximum atomic E-state index is 5.34. The zero-order valence-electron chi connectivity index (χ0n) is 10.0. The summed E-state index contributed by atoms with van der Waals surface area (Å²) < 4.78 is 3.50. The van der Waals surface area contributed by atoms with E-state index < -0.39 is 22.9 Å². The van der Waals surface area contributed by atoms with Gasteiger partial charge in [0.1, 0.15) is 0 Å². The third-order valence-electron chi connectivity index (χ3n) is 2.17. The molecule has 0 bridgehead atoms. The van der Waals surface area contributed by atoms with Crippen molar-refractivity contribution in [2.45, 2.75) is 26.7 Å². The fraction of sp³-hybridized carbons (Fsp3) is 0.429. The first-order valence-electron chi connectivity index (χ1n) is 5.76. The van der Waals surface area contributed by atoms with E-state index in [4.69, 9.17) is 11.6 Å². The van der Waals surface area contributed by atoms with Gasteiger partial charge in [0.05, 0.1) is 0 Å². The smallest absolute Gasteiger partial charge is 0.0246 e. The van der Waals surface area contributed by atoms with Gasteiger partial charge in [-0.1, -0.05) is 13.8 Å². The van der Waals surface area contributed by atoms with Gasteiger partial charge in [-0.25, -0.2) is 0 Å². The van der Waals surface area contributed by atoms with E-state index in [-0.39, 0.29) is 0 Å². The molecular formula is C14H19ClHf. The Morgan fingerprint density at radius 3 is 1.81 bits per heavy atom. The molecule has 0 radical (unpaired) electrons. The zero-order valence-corrected chi connectivity index (χ0v) is 14.4. The van der Waals surface area contributed by atoms with E-state index in [0.717, 1.165) is 5.88 Å². The van der Waals surface area contributed by atoms with Gasteiger partial charge in [-0.3, -0.25) is 0 Å². The van der Waals surface area contributed by atoms with Gasteiger partial charge in [-0.2, -0.15) is 0 Å². The van der Waals surface area contributed by atoms with Crippen molar-refractivity contribution in [3.05, 3.63) is 43.1 Å². The summed E-state index contributed by atoms with van der Waals surface area (Å²) in [6.07, 6.45) is 16.1. The molecule has 0 saturated heterocycles. The van der Waals surface area contributed by atoms with Crippen LogP contribution in [0.1, 0.15) is 26.7 Å². The molecule has 0 amide bonds. The standard InChI is InChI=1S/2C5H5.C4H9Cl.Hf/c2*1-2-4-5-3-1;1-4(2)3-5;/h2*1-3H,4H2;4H,3H2,1-2H3;. The molecule has 0 atom stereocenters. The number of rotatable bonds is 3. The molecule has 0 unspecified atom stereocenters. The molecule has 2 rings (SSSR count). The van der Waals surface area contributed by atoms with Crippen LogP contribution in [-0.2, 0) is 22.9 Å². The SMILES string of the molecule is C1=CC[C]([Hf][C]2=CC=CC2)=C1.CC(C)CCl. The van der Waals surface area contributed by atoms with Crippen molar-refractivity contribution in [1.29, 1.82) is 0 Å². The van der Waals surface area contributed by atoms with Crippen LogP contribution in [0.4, 0.5) is 0 Å². The van der Waals surface area contributed by atoms with Gasteiger partial charge in [0.2, 0.25) is 0 Å². The summed E-state index contributed by atoms with van der Waals surface area (Å²) in [4.78, 5) is 0. The average Bonchev–Trinajstić information content (AvgIpc) is 2.92. The van der Waals surface area contributed by atoms with Gasteiger partial charge in [-0.05, 0) is 5.92 Å². The first-order chi connectivity index (χ1) is 7.72. The molecule has 0 fully saturated rings. The quantitative estimate of drug-likeness (QED) is 0.478. The number of hydrogen-bond donors (Lipinski definition) is 0. The average molecular weight is 401 g/mol. The van der Waals surface area contributed by atoms with Crippen molar-refractivity contribution in [3.63, 3.8) is 0 Å². The molecule has 2 aliphatic carbocycles. The molecule has 0 N–H and O–H groups in total. The first kappa shape index (κ1) is 14.2. The summed E-state index contributed by atoms with van der Waals surface area (Å²) in [6.45, 7) is 4.18. The molecular weight excluding hydrogens is 382 g/mol. The first-order valence-corrected chi connectivity index (χ1v) is 9.89. The van der Waals surface area contributed by atoms with E-state index >= 15 is 0 Å². The molecule has 2 heteroatoms. The van der Waals surface area contributed by atoms with Gasteiger partial charge < -0.3 is 0 Å². The second-order valence-corrected chi connectivity index (χ2v) is 10.1. The van der Waals surface area contributed by atoms with Gasteiger partial charge in [0.25, 0.3) is 0 Å².